The van der Waals surface area contributed by atoms with E-state index >= 15 is 0 Å². The van der Waals surface area contributed by atoms with E-state index in [1.807, 2.05) is 25.3 Å². The predicted molar refractivity (Wildman–Crippen MR) is 124 cm³/mol. The van der Waals surface area contributed by atoms with Crippen molar-refractivity contribution >= 4 is 33.9 Å². The second-order valence-electron chi connectivity index (χ2n) is 7.62. The van der Waals surface area contributed by atoms with Crippen LogP contribution < -0.4 is 20.9 Å². The Balaban J connectivity index is 1.47. The van der Waals surface area contributed by atoms with Gasteiger partial charge in [-0.05, 0) is 51.9 Å². The lowest BCUT2D eigenvalue weighted by atomic mass is 10.3. The van der Waals surface area contributed by atoms with Crippen molar-refractivity contribution < 1.29 is 0 Å². The zero-order valence-electron chi connectivity index (χ0n) is 17.6. The maximum atomic E-state index is 4.68. The minimum Gasteiger partial charge on any atom is -0.369 e. The molecule has 158 valence electrons. The third-order valence-corrected chi connectivity index (χ3v) is 5.90. The average Bonchev–Trinajstić information content (AvgIpc) is 2.92. The van der Waals surface area contributed by atoms with E-state index in [9.17, 15) is 0 Å². The van der Waals surface area contributed by atoms with Crippen LogP contribution in [0.4, 0.5) is 22.6 Å². The Bertz CT molecular complexity index is 961. The van der Waals surface area contributed by atoms with E-state index in [1.54, 1.807) is 17.5 Å². The van der Waals surface area contributed by atoms with Gasteiger partial charge in [-0.3, -0.25) is 0 Å². The second-order valence-corrected chi connectivity index (χ2v) is 8.61. The number of thiazole rings is 1. The van der Waals surface area contributed by atoms with Crippen LogP contribution in [0, 0.1) is 6.92 Å². The summed E-state index contributed by atoms with van der Waals surface area (Å²) in [6.45, 7) is 10.3. The number of pyridine rings is 1. The van der Waals surface area contributed by atoms with Gasteiger partial charge in [-0.25, -0.2) is 19.9 Å². The Hall–Kier alpha value is -2.78. The van der Waals surface area contributed by atoms with E-state index in [0.717, 1.165) is 65.5 Å². The molecule has 0 atom stereocenters. The summed E-state index contributed by atoms with van der Waals surface area (Å²) in [7, 11) is 0. The molecule has 0 radical (unpaired) electrons. The number of hydrogen-bond donors (Lipinski definition) is 3. The number of aromatic nitrogens is 4. The minimum absolute atomic E-state index is 0.339. The highest BCUT2D eigenvalue weighted by Gasteiger charge is 2.13. The van der Waals surface area contributed by atoms with Crippen LogP contribution in [0.2, 0.25) is 0 Å². The Kier molecular flexibility index (Phi) is 6.39. The molecule has 8 nitrogen and oxygen atoms in total. The smallest absolute Gasteiger partial charge is 0.228 e. The highest BCUT2D eigenvalue weighted by molar-refractivity contribution is 7.19. The van der Waals surface area contributed by atoms with Crippen LogP contribution in [0.15, 0.2) is 30.6 Å². The zero-order valence-corrected chi connectivity index (χ0v) is 18.5. The molecule has 4 heterocycles. The van der Waals surface area contributed by atoms with Gasteiger partial charge in [0.2, 0.25) is 5.95 Å². The molecular formula is C21H28N8S. The van der Waals surface area contributed by atoms with Gasteiger partial charge in [-0.1, -0.05) is 11.3 Å². The third-order valence-electron chi connectivity index (χ3n) is 4.79. The van der Waals surface area contributed by atoms with Crippen LogP contribution >= 0.6 is 11.3 Å². The van der Waals surface area contributed by atoms with Crippen LogP contribution in [0.25, 0.3) is 10.6 Å². The predicted octanol–water partition coefficient (Wildman–Crippen LogP) is 3.67. The molecule has 0 bridgehead atoms. The van der Waals surface area contributed by atoms with E-state index in [0.29, 0.717) is 12.0 Å². The van der Waals surface area contributed by atoms with Gasteiger partial charge < -0.3 is 20.9 Å². The number of nitrogens with one attached hydrogen (secondary N) is 3. The lowest BCUT2D eigenvalue weighted by Crippen LogP contribution is -2.27. The van der Waals surface area contributed by atoms with Crippen LogP contribution in [0.1, 0.15) is 26.0 Å². The van der Waals surface area contributed by atoms with Crippen molar-refractivity contribution in [1.82, 2.24) is 25.3 Å². The summed E-state index contributed by atoms with van der Waals surface area (Å²) in [6.07, 6.45) is 4.82. The molecule has 1 aliphatic rings. The summed E-state index contributed by atoms with van der Waals surface area (Å²) in [5.41, 5.74) is 2.96. The van der Waals surface area contributed by atoms with E-state index in [-0.39, 0.29) is 0 Å². The second kappa shape index (κ2) is 9.36. The Labute approximate surface area is 181 Å². The molecule has 1 fully saturated rings. The van der Waals surface area contributed by atoms with Crippen LogP contribution in [0.3, 0.4) is 0 Å². The summed E-state index contributed by atoms with van der Waals surface area (Å²) in [4.78, 5) is 21.6. The molecule has 0 unspecified atom stereocenters. The molecule has 0 amide bonds. The lowest BCUT2D eigenvalue weighted by Gasteiger charge is -2.21. The van der Waals surface area contributed by atoms with Gasteiger partial charge in [0, 0.05) is 31.9 Å². The molecule has 3 aromatic rings. The van der Waals surface area contributed by atoms with E-state index in [1.165, 1.54) is 0 Å². The van der Waals surface area contributed by atoms with E-state index in [4.69, 9.17) is 0 Å². The maximum Gasteiger partial charge on any atom is 0.228 e. The first kappa shape index (κ1) is 20.5. The molecular weight excluding hydrogens is 396 g/mol. The van der Waals surface area contributed by atoms with Crippen molar-refractivity contribution in [1.29, 1.82) is 0 Å². The third kappa shape index (κ3) is 5.03. The molecule has 3 aromatic heterocycles. The number of hydrogen-bond acceptors (Lipinski definition) is 9. The molecule has 30 heavy (non-hydrogen) atoms. The largest absolute Gasteiger partial charge is 0.369 e. The van der Waals surface area contributed by atoms with Gasteiger partial charge in [0.15, 0.2) is 5.13 Å². The molecule has 1 aliphatic heterocycles. The highest BCUT2D eigenvalue weighted by Crippen LogP contribution is 2.32. The number of anilines is 4. The molecule has 9 heteroatoms. The fourth-order valence-corrected chi connectivity index (χ4v) is 4.44. The maximum absolute atomic E-state index is 4.68. The van der Waals surface area contributed by atoms with Gasteiger partial charge in [-0.2, -0.15) is 0 Å². The van der Waals surface area contributed by atoms with Crippen LogP contribution in [0.5, 0.6) is 0 Å². The summed E-state index contributed by atoms with van der Waals surface area (Å²) in [5.74, 6) is 1.25. The molecule has 0 spiro atoms. The number of nitrogens with zero attached hydrogens (tertiary/aromatic N) is 5. The summed E-state index contributed by atoms with van der Waals surface area (Å²) in [6, 6.07) is 6.33. The summed E-state index contributed by atoms with van der Waals surface area (Å²) in [5, 5.41) is 10.9. The highest BCUT2D eigenvalue weighted by atomic mass is 32.1. The fraction of sp³-hybridized carbons (Fsp3) is 0.429. The quantitative estimate of drug-likeness (QED) is 0.552. The Morgan fingerprint density at radius 1 is 1.10 bits per heavy atom. The normalized spacial score (nSPS) is 14.6. The fourth-order valence-electron chi connectivity index (χ4n) is 3.35. The topological polar surface area (TPSA) is 90.9 Å². The Morgan fingerprint density at radius 2 is 2.00 bits per heavy atom. The molecule has 0 saturated carbocycles. The Morgan fingerprint density at radius 3 is 2.80 bits per heavy atom. The van der Waals surface area contributed by atoms with Crippen molar-refractivity contribution in [3.63, 3.8) is 0 Å². The molecule has 4 rings (SSSR count). The first-order chi connectivity index (χ1) is 14.6. The van der Waals surface area contributed by atoms with Gasteiger partial charge in [0.1, 0.15) is 5.82 Å². The average molecular weight is 425 g/mol. The van der Waals surface area contributed by atoms with E-state index in [2.05, 4.69) is 60.7 Å². The summed E-state index contributed by atoms with van der Waals surface area (Å²) >= 11 is 1.61. The van der Waals surface area contributed by atoms with Crippen molar-refractivity contribution in [2.24, 2.45) is 0 Å². The summed E-state index contributed by atoms with van der Waals surface area (Å²) < 4.78 is 0. The SMILES string of the molecule is Cc1nc(NC(C)C)sc1-c1ccnc(Nc2ccc(N3CCCNCC3)cn2)n1. The first-order valence-corrected chi connectivity index (χ1v) is 11.2. The standard InChI is InChI=1S/C21H28N8S/c1-14(2)25-21-26-15(3)19(30-21)17-7-9-23-20(27-17)28-18-6-5-16(13-24-18)29-11-4-8-22-10-12-29/h5-7,9,13-14,22H,4,8,10-12H2,1-3H3,(H,25,26)(H,23,24,27,28). The minimum atomic E-state index is 0.339. The molecule has 1 saturated heterocycles. The molecule has 0 aromatic carbocycles. The van der Waals surface area contributed by atoms with Gasteiger partial charge in [-0.15, -0.1) is 0 Å². The van der Waals surface area contributed by atoms with Crippen molar-refractivity contribution in [3.05, 3.63) is 36.3 Å². The lowest BCUT2D eigenvalue weighted by molar-refractivity contribution is 0.724. The van der Waals surface area contributed by atoms with Gasteiger partial charge in [0.25, 0.3) is 0 Å². The molecule has 3 N–H and O–H groups in total. The van der Waals surface area contributed by atoms with Gasteiger partial charge in [0.05, 0.1) is 28.1 Å². The van der Waals surface area contributed by atoms with Crippen LogP contribution in [-0.4, -0.2) is 52.2 Å². The van der Waals surface area contributed by atoms with Crippen molar-refractivity contribution in [2.75, 3.05) is 41.7 Å². The van der Waals surface area contributed by atoms with Crippen molar-refractivity contribution in [2.45, 2.75) is 33.2 Å². The molecule has 0 aliphatic carbocycles. The number of rotatable bonds is 6. The monoisotopic (exact) mass is 424 g/mol. The van der Waals surface area contributed by atoms with Crippen molar-refractivity contribution in [3.8, 4) is 10.6 Å². The first-order valence-electron chi connectivity index (χ1n) is 10.3. The zero-order chi connectivity index (χ0) is 20.9. The van der Waals surface area contributed by atoms with Gasteiger partial charge >= 0.3 is 0 Å². The number of aryl methyl sites for hydroxylation is 1. The van der Waals surface area contributed by atoms with E-state index < -0.39 is 0 Å². The van der Waals surface area contributed by atoms with Crippen LogP contribution in [-0.2, 0) is 0 Å².